The quantitative estimate of drug-likeness (QED) is 0.665. The number of amides is 2. The van der Waals surface area contributed by atoms with E-state index in [0.29, 0.717) is 11.4 Å². The number of thiazole rings is 1. The number of nitrogens with two attached hydrogens (primary N) is 1. The molecule has 0 fully saturated rings. The second kappa shape index (κ2) is 7.42. The van der Waals surface area contributed by atoms with E-state index in [0.717, 1.165) is 77.7 Å². The topological polar surface area (TPSA) is 141 Å². The highest BCUT2D eigenvalue weighted by Crippen LogP contribution is 2.41. The second-order valence-electron chi connectivity index (χ2n) is 8.13. The van der Waals surface area contributed by atoms with Gasteiger partial charge in [-0.15, -0.1) is 15.7 Å². The van der Waals surface area contributed by atoms with Crippen molar-refractivity contribution >= 4 is 33.0 Å². The number of anilines is 1. The van der Waals surface area contributed by atoms with E-state index in [4.69, 9.17) is 5.14 Å². The summed E-state index contributed by atoms with van der Waals surface area (Å²) in [5, 5.41) is 29.9. The van der Waals surface area contributed by atoms with Gasteiger partial charge in [0.25, 0.3) is 0 Å². The normalized spacial score (nSPS) is 17.0. The molecule has 0 saturated carbocycles. The molecule has 4 N–H and O–H groups in total. The van der Waals surface area contributed by atoms with Crippen LogP contribution in [-0.4, -0.2) is 20.3 Å². The van der Waals surface area contributed by atoms with E-state index < -0.39 is 21.5 Å². The number of fused-ring (bicyclic) bond motifs is 2. The molecule has 1 aromatic heterocycles. The lowest BCUT2D eigenvalue weighted by Crippen LogP contribution is -2.20. The third-order valence-electron chi connectivity index (χ3n) is 5.57. The Morgan fingerprint density at radius 1 is 1.27 bits per heavy atom. The average Bonchev–Trinajstić information content (AvgIpc) is 3.40. The molecule has 1 atom stereocenters. The van der Waals surface area contributed by atoms with Crippen LogP contribution >= 0.6 is 11.3 Å². The van der Waals surface area contributed by atoms with Crippen LogP contribution in [0.15, 0.2) is 14.1 Å². The number of rotatable bonds is 3. The van der Waals surface area contributed by atoms with Gasteiger partial charge in [-0.05, 0) is 74.6 Å². The molecule has 0 radical (unpaired) electrons. The van der Waals surface area contributed by atoms with Gasteiger partial charge in [0, 0.05) is 11.1 Å². The number of nitrogens with one attached hydrogen (secondary N) is 1. The van der Waals surface area contributed by atoms with E-state index >= 15 is 0 Å². The highest BCUT2D eigenvalue weighted by Gasteiger charge is 2.30. The number of aromatic nitrogens is 1. The number of benzene rings is 1. The smallest absolute Gasteiger partial charge is 0.354 e. The van der Waals surface area contributed by atoms with Crippen molar-refractivity contribution in [1.29, 1.82) is 5.26 Å². The van der Waals surface area contributed by atoms with Crippen molar-refractivity contribution in [1.82, 2.24) is 4.98 Å². The highest BCUT2D eigenvalue weighted by atomic mass is 32.2. The minimum atomic E-state index is -3.55. The van der Waals surface area contributed by atoms with Gasteiger partial charge in [-0.2, -0.15) is 5.26 Å². The molecule has 2 aliphatic carbocycles. The maximum Gasteiger partial charge on any atom is 0.354 e. The maximum atomic E-state index is 12.9. The molecule has 10 heteroatoms. The lowest BCUT2D eigenvalue weighted by molar-refractivity contribution is 0.0741. The zero-order chi connectivity index (χ0) is 21.7. The van der Waals surface area contributed by atoms with Crippen LogP contribution in [0.2, 0.25) is 0 Å². The van der Waals surface area contributed by atoms with Crippen molar-refractivity contribution in [3.05, 3.63) is 38.9 Å². The second-order valence-corrected chi connectivity index (χ2v) is 11.0. The molecular weight excluding hydrogens is 422 g/mol. The summed E-state index contributed by atoms with van der Waals surface area (Å²) < 4.78 is 16.6. The van der Waals surface area contributed by atoms with Gasteiger partial charge >= 0.3 is 6.03 Å². The summed E-state index contributed by atoms with van der Waals surface area (Å²) in [4.78, 5) is 16.8. The lowest BCUT2D eigenvalue weighted by Gasteiger charge is -2.17. The number of hydrogen-bond acceptors (Lipinski definition) is 6. The van der Waals surface area contributed by atoms with Crippen molar-refractivity contribution in [3.63, 3.8) is 0 Å². The molecule has 1 aromatic carbocycles. The van der Waals surface area contributed by atoms with Gasteiger partial charge in [-0.1, -0.05) is 0 Å². The van der Waals surface area contributed by atoms with Gasteiger partial charge in [0.1, 0.15) is 5.60 Å². The Hall–Kier alpha value is -2.32. The fraction of sp³-hybridized carbons (Fsp3) is 0.450. The van der Waals surface area contributed by atoms with E-state index in [1.54, 1.807) is 19.2 Å². The van der Waals surface area contributed by atoms with E-state index in [-0.39, 0.29) is 4.34 Å². The van der Waals surface area contributed by atoms with Crippen LogP contribution in [-0.2, 0) is 41.2 Å². The molecular formula is C20H23N5O3S2. The van der Waals surface area contributed by atoms with Crippen LogP contribution in [0.25, 0.3) is 0 Å². The fourth-order valence-electron chi connectivity index (χ4n) is 4.21. The van der Waals surface area contributed by atoms with Gasteiger partial charge in [0.05, 0.1) is 17.3 Å². The van der Waals surface area contributed by atoms with Crippen LogP contribution < -0.4 is 10.5 Å². The fourth-order valence-corrected chi connectivity index (χ4v) is 6.32. The summed E-state index contributed by atoms with van der Waals surface area (Å²) in [6.45, 7) is 3.11. The number of aliphatic hydroxyl groups is 1. The molecule has 2 aromatic rings. The first kappa shape index (κ1) is 20.9. The lowest BCUT2D eigenvalue weighted by atomic mass is 9.93. The molecule has 8 nitrogen and oxygen atoms in total. The van der Waals surface area contributed by atoms with Crippen LogP contribution in [0.1, 0.15) is 60.2 Å². The predicted octanol–water partition coefficient (Wildman–Crippen LogP) is 3.15. The Morgan fingerprint density at radius 3 is 2.33 bits per heavy atom. The zero-order valence-corrected chi connectivity index (χ0v) is 18.5. The third-order valence-corrected chi connectivity index (χ3v) is 8.23. The molecule has 158 valence electrons. The molecule has 30 heavy (non-hydrogen) atoms. The molecule has 2 aliphatic rings. The summed E-state index contributed by atoms with van der Waals surface area (Å²) in [5.41, 5.74) is 4.56. The van der Waals surface area contributed by atoms with Crippen LogP contribution in [0, 0.1) is 11.3 Å². The minimum Gasteiger partial charge on any atom is -0.384 e. The van der Waals surface area contributed by atoms with Crippen molar-refractivity contribution in [3.8, 4) is 6.07 Å². The van der Waals surface area contributed by atoms with Gasteiger partial charge < -0.3 is 10.4 Å². The van der Waals surface area contributed by atoms with Gasteiger partial charge in [0.15, 0.2) is 9.92 Å². The summed E-state index contributed by atoms with van der Waals surface area (Å²) in [5.74, 6) is 0. The summed E-state index contributed by atoms with van der Waals surface area (Å²) in [6.07, 6.45) is 5.06. The molecule has 0 saturated heterocycles. The standard InChI is InChI=1S/C20H23N5O3S2/c1-20(2,27)16-10-29-19(23-16)30(22,28)25-18(26)24-17-13-7-3-5-11(13)15(9-21)12-6-4-8-14(12)17/h10,27H,3-8H2,1-2H3,(H3,22,24,25,26,28)/t30-/m1/s1. The number of hydrogen-bond donors (Lipinski definition) is 3. The van der Waals surface area contributed by atoms with Gasteiger partial charge in [0.2, 0.25) is 4.34 Å². The first-order valence-electron chi connectivity index (χ1n) is 9.75. The Kier molecular flexibility index (Phi) is 5.18. The van der Waals surface area contributed by atoms with Crippen molar-refractivity contribution in [2.24, 2.45) is 9.50 Å². The van der Waals surface area contributed by atoms with Crippen molar-refractivity contribution in [2.75, 3.05) is 5.32 Å². The average molecular weight is 446 g/mol. The van der Waals surface area contributed by atoms with Gasteiger partial charge in [-0.3, -0.25) is 0 Å². The molecule has 0 unspecified atom stereocenters. The number of urea groups is 1. The minimum absolute atomic E-state index is 0.00920. The Balaban J connectivity index is 1.69. The molecule has 0 bridgehead atoms. The van der Waals surface area contributed by atoms with Crippen LogP contribution in [0.4, 0.5) is 10.5 Å². The van der Waals surface area contributed by atoms with Crippen LogP contribution in [0.3, 0.4) is 0 Å². The Morgan fingerprint density at radius 2 is 1.83 bits per heavy atom. The van der Waals surface area contributed by atoms with E-state index in [1.807, 2.05) is 0 Å². The number of carbonyl (C=O) groups is 1. The molecule has 2 amide bonds. The summed E-state index contributed by atoms with van der Waals surface area (Å²) in [6, 6.07) is 1.56. The number of nitriles is 1. The third kappa shape index (κ3) is 3.63. The van der Waals surface area contributed by atoms with E-state index in [9.17, 15) is 19.4 Å². The first-order chi connectivity index (χ1) is 14.1. The summed E-state index contributed by atoms with van der Waals surface area (Å²) in [7, 11) is -3.55. The zero-order valence-electron chi connectivity index (χ0n) is 16.8. The molecule has 0 aliphatic heterocycles. The first-order valence-corrected chi connectivity index (χ1v) is 12.2. The SMILES string of the molecule is CC(C)(O)c1csc([S@](N)(=O)=NC(=O)Nc2c3c(c(C#N)c4c2CCC4)CCC3)n1. The predicted molar refractivity (Wildman–Crippen MR) is 115 cm³/mol. The summed E-state index contributed by atoms with van der Waals surface area (Å²) >= 11 is 0.995. The molecule has 4 rings (SSSR count). The van der Waals surface area contributed by atoms with Gasteiger partial charge in [-0.25, -0.2) is 19.1 Å². The van der Waals surface area contributed by atoms with E-state index in [2.05, 4.69) is 20.7 Å². The monoisotopic (exact) mass is 445 g/mol. The van der Waals surface area contributed by atoms with Crippen molar-refractivity contribution < 1.29 is 14.1 Å². The molecule has 0 spiro atoms. The number of nitrogens with zero attached hydrogens (tertiary/aromatic N) is 3. The van der Waals surface area contributed by atoms with Crippen molar-refractivity contribution in [2.45, 2.75) is 62.3 Å². The Bertz CT molecular complexity index is 1180. The Labute approximate surface area is 179 Å². The number of carbonyl (C=O) groups excluding carboxylic acids is 1. The van der Waals surface area contributed by atoms with E-state index in [1.165, 1.54) is 0 Å². The van der Waals surface area contributed by atoms with Crippen LogP contribution in [0.5, 0.6) is 0 Å². The largest absolute Gasteiger partial charge is 0.384 e. The molecule has 1 heterocycles. The highest BCUT2D eigenvalue weighted by molar-refractivity contribution is 7.93. The maximum absolute atomic E-state index is 12.9.